The minimum atomic E-state index is -0.670. The Labute approximate surface area is 145 Å². The van der Waals surface area contributed by atoms with Crippen LogP contribution in [0.4, 0.5) is 5.69 Å². The first-order chi connectivity index (χ1) is 11.4. The van der Waals surface area contributed by atoms with Crippen LogP contribution < -0.4 is 14.8 Å². The number of hydrogen-bond acceptors (Lipinski definition) is 3. The molecular formula is C19H18ClNO3. The normalized spacial score (nSPS) is 23.0. The van der Waals surface area contributed by atoms with Gasteiger partial charge in [-0.25, -0.2) is 0 Å². The molecule has 0 saturated heterocycles. The number of benzene rings is 2. The molecule has 1 N–H and O–H groups in total. The van der Waals surface area contributed by atoms with Gasteiger partial charge in [-0.2, -0.15) is 0 Å². The van der Waals surface area contributed by atoms with Gasteiger partial charge in [-0.05, 0) is 36.1 Å². The lowest BCUT2D eigenvalue weighted by Gasteiger charge is -2.16. The maximum Gasteiger partial charge on any atom is 0.246 e. The predicted octanol–water partition coefficient (Wildman–Crippen LogP) is 4.59. The van der Waals surface area contributed by atoms with Crippen molar-refractivity contribution < 1.29 is 14.3 Å². The Morgan fingerprint density at radius 1 is 1.17 bits per heavy atom. The highest BCUT2D eigenvalue weighted by molar-refractivity contribution is 6.31. The second-order valence-corrected chi connectivity index (χ2v) is 7.13. The highest BCUT2D eigenvalue weighted by Gasteiger charge is 2.44. The second kappa shape index (κ2) is 5.42. The summed E-state index contributed by atoms with van der Waals surface area (Å²) in [5.41, 5.74) is 1.76. The molecule has 5 heteroatoms. The first-order valence-corrected chi connectivity index (χ1v) is 8.38. The summed E-state index contributed by atoms with van der Waals surface area (Å²) >= 11 is 6.22. The molecule has 1 heterocycles. The van der Waals surface area contributed by atoms with Crippen LogP contribution in [0.15, 0.2) is 42.5 Å². The van der Waals surface area contributed by atoms with E-state index in [1.807, 2.05) is 50.2 Å². The van der Waals surface area contributed by atoms with E-state index in [0.717, 1.165) is 17.0 Å². The minimum absolute atomic E-state index is 0.0121. The first kappa shape index (κ1) is 15.3. The fourth-order valence-corrected chi connectivity index (χ4v) is 3.42. The summed E-state index contributed by atoms with van der Waals surface area (Å²) in [5, 5.41) is 3.69. The zero-order valence-electron chi connectivity index (χ0n) is 13.5. The maximum absolute atomic E-state index is 12.5. The molecule has 1 saturated carbocycles. The van der Waals surface area contributed by atoms with E-state index in [9.17, 15) is 4.79 Å². The van der Waals surface area contributed by atoms with E-state index in [1.165, 1.54) is 0 Å². The lowest BCUT2D eigenvalue weighted by molar-refractivity contribution is -0.117. The number of amides is 1. The summed E-state index contributed by atoms with van der Waals surface area (Å²) in [6.45, 7) is 3.70. The zero-order valence-corrected chi connectivity index (χ0v) is 14.3. The number of hydrogen-bond donors (Lipinski definition) is 1. The van der Waals surface area contributed by atoms with E-state index in [4.69, 9.17) is 21.1 Å². The molecule has 4 rings (SSSR count). The van der Waals surface area contributed by atoms with Crippen LogP contribution in [0.2, 0.25) is 5.02 Å². The van der Waals surface area contributed by atoms with Crippen molar-refractivity contribution in [2.75, 3.05) is 5.32 Å². The van der Waals surface area contributed by atoms with Crippen molar-refractivity contribution in [3.63, 3.8) is 0 Å². The molecule has 24 heavy (non-hydrogen) atoms. The average molecular weight is 344 g/mol. The quantitative estimate of drug-likeness (QED) is 0.886. The average Bonchev–Trinajstić information content (AvgIpc) is 3.24. The number of fused-ring (bicyclic) bond motifs is 1. The molecular weight excluding hydrogens is 326 g/mol. The molecule has 2 aromatic rings. The number of carbonyl (C=O) groups is 1. The fraction of sp³-hybridized carbons (Fsp3) is 0.316. The van der Waals surface area contributed by atoms with E-state index in [1.54, 1.807) is 6.07 Å². The summed E-state index contributed by atoms with van der Waals surface area (Å²) < 4.78 is 11.4. The van der Waals surface area contributed by atoms with Crippen molar-refractivity contribution in [3.8, 4) is 11.5 Å². The molecule has 1 aliphatic carbocycles. The fourth-order valence-electron chi connectivity index (χ4n) is 3.14. The highest BCUT2D eigenvalue weighted by Crippen LogP contribution is 2.50. The molecule has 2 aromatic carbocycles. The van der Waals surface area contributed by atoms with E-state index in [0.29, 0.717) is 17.2 Å². The predicted molar refractivity (Wildman–Crippen MR) is 92.7 cm³/mol. The van der Waals surface area contributed by atoms with Gasteiger partial charge < -0.3 is 14.8 Å². The maximum atomic E-state index is 12.5. The van der Waals surface area contributed by atoms with Crippen molar-refractivity contribution in [3.05, 3.63) is 53.1 Å². The van der Waals surface area contributed by atoms with Crippen molar-refractivity contribution in [1.29, 1.82) is 0 Å². The Morgan fingerprint density at radius 2 is 1.92 bits per heavy atom. The molecule has 124 valence electrons. The molecule has 2 unspecified atom stereocenters. The molecule has 1 fully saturated rings. The van der Waals surface area contributed by atoms with E-state index in [2.05, 4.69) is 5.32 Å². The Balaban J connectivity index is 1.44. The number of ether oxygens (including phenoxy) is 2. The van der Waals surface area contributed by atoms with Crippen molar-refractivity contribution in [2.24, 2.45) is 5.92 Å². The monoisotopic (exact) mass is 343 g/mol. The molecule has 2 aliphatic rings. The zero-order chi connectivity index (χ0) is 16.9. The summed E-state index contributed by atoms with van der Waals surface area (Å²) in [5.74, 6) is 0.849. The number of rotatable bonds is 3. The van der Waals surface area contributed by atoms with Gasteiger partial charge >= 0.3 is 0 Å². The third-order valence-corrected chi connectivity index (χ3v) is 4.70. The van der Waals surface area contributed by atoms with Gasteiger partial charge in [0.15, 0.2) is 11.5 Å². The van der Waals surface area contributed by atoms with Crippen molar-refractivity contribution >= 4 is 23.2 Å². The van der Waals surface area contributed by atoms with Gasteiger partial charge in [0.25, 0.3) is 0 Å². The number of carbonyl (C=O) groups excluding carboxylic acids is 1. The number of anilines is 1. The highest BCUT2D eigenvalue weighted by atomic mass is 35.5. The third kappa shape index (κ3) is 2.82. The van der Waals surface area contributed by atoms with Gasteiger partial charge in [0, 0.05) is 36.5 Å². The van der Waals surface area contributed by atoms with Gasteiger partial charge in [0.2, 0.25) is 11.7 Å². The molecule has 1 aliphatic heterocycles. The van der Waals surface area contributed by atoms with Crippen molar-refractivity contribution in [2.45, 2.75) is 32.0 Å². The number of nitrogens with one attached hydrogen (secondary N) is 1. The van der Waals surface area contributed by atoms with Crippen LogP contribution in [-0.2, 0) is 4.79 Å². The summed E-state index contributed by atoms with van der Waals surface area (Å²) in [4.78, 5) is 12.5. The van der Waals surface area contributed by atoms with Crippen LogP contribution in [0.1, 0.15) is 31.7 Å². The van der Waals surface area contributed by atoms with Crippen LogP contribution in [0.3, 0.4) is 0 Å². The third-order valence-electron chi connectivity index (χ3n) is 4.35. The summed E-state index contributed by atoms with van der Waals surface area (Å²) in [6, 6.07) is 13.2. The molecule has 0 bridgehead atoms. The largest absolute Gasteiger partial charge is 0.449 e. The second-order valence-electron chi connectivity index (χ2n) is 6.72. The van der Waals surface area contributed by atoms with Gasteiger partial charge in [-0.1, -0.05) is 29.8 Å². The van der Waals surface area contributed by atoms with Crippen LogP contribution >= 0.6 is 11.6 Å². The van der Waals surface area contributed by atoms with Gasteiger partial charge in [-0.3, -0.25) is 4.79 Å². The van der Waals surface area contributed by atoms with E-state index in [-0.39, 0.29) is 17.7 Å². The Morgan fingerprint density at radius 3 is 2.71 bits per heavy atom. The standard InChI is InChI=1S/C19H18ClNO3/c1-19(2)23-16-8-7-11(9-17(16)24-19)21-18(22)14-10-13(14)12-5-3-4-6-15(12)20/h3-9,13-14H,10H2,1-2H3,(H,21,22). The van der Waals surface area contributed by atoms with Crippen LogP contribution in [0.25, 0.3) is 0 Å². The molecule has 0 spiro atoms. The van der Waals surface area contributed by atoms with Crippen molar-refractivity contribution in [1.82, 2.24) is 0 Å². The van der Waals surface area contributed by atoms with Gasteiger partial charge in [-0.15, -0.1) is 0 Å². The minimum Gasteiger partial charge on any atom is -0.449 e. The van der Waals surface area contributed by atoms with Crippen LogP contribution in [0.5, 0.6) is 11.5 Å². The molecule has 1 amide bonds. The van der Waals surface area contributed by atoms with Gasteiger partial charge in [0.1, 0.15) is 0 Å². The van der Waals surface area contributed by atoms with Crippen LogP contribution in [-0.4, -0.2) is 11.7 Å². The Hall–Kier alpha value is -2.20. The SMILES string of the molecule is CC1(C)Oc2ccc(NC(=O)C3CC3c3ccccc3Cl)cc2O1. The molecule has 0 radical (unpaired) electrons. The topological polar surface area (TPSA) is 47.6 Å². The summed E-state index contributed by atoms with van der Waals surface area (Å²) in [7, 11) is 0. The van der Waals surface area contributed by atoms with E-state index >= 15 is 0 Å². The smallest absolute Gasteiger partial charge is 0.246 e. The van der Waals surface area contributed by atoms with E-state index < -0.39 is 5.79 Å². The molecule has 2 atom stereocenters. The lowest BCUT2D eigenvalue weighted by Crippen LogP contribution is -2.29. The number of halogens is 1. The molecule has 0 aromatic heterocycles. The molecule has 4 nitrogen and oxygen atoms in total. The Kier molecular flexibility index (Phi) is 3.46. The Bertz CT molecular complexity index is 818. The van der Waals surface area contributed by atoms with Gasteiger partial charge in [0.05, 0.1) is 0 Å². The van der Waals surface area contributed by atoms with Crippen LogP contribution in [0, 0.1) is 5.92 Å². The summed E-state index contributed by atoms with van der Waals surface area (Å²) in [6.07, 6.45) is 0.827. The lowest BCUT2D eigenvalue weighted by atomic mass is 10.1. The first-order valence-electron chi connectivity index (χ1n) is 8.00.